The first-order valence-electron chi connectivity index (χ1n) is 4.14. The molecule has 0 aromatic carbocycles. The highest BCUT2D eigenvalue weighted by atomic mass is 16.6. The van der Waals surface area contributed by atoms with Crippen LogP contribution in [0.15, 0.2) is 0 Å². The zero-order valence-electron chi connectivity index (χ0n) is 8.02. The van der Waals surface area contributed by atoms with Crippen LogP contribution in [-0.2, 0) is 23.8 Å². The maximum absolute atomic E-state index is 10.7. The molecule has 0 rings (SSSR count). The fourth-order valence-electron chi connectivity index (χ4n) is 0.601. The minimum absolute atomic E-state index is 0.0356. The highest BCUT2D eigenvalue weighted by molar-refractivity contribution is 5.70. The molecule has 0 aromatic rings. The minimum atomic E-state index is -0.554. The zero-order valence-corrected chi connectivity index (χ0v) is 8.02. The largest absolute Gasteiger partial charge is 0.463 e. The van der Waals surface area contributed by atoms with Gasteiger partial charge >= 0.3 is 11.9 Å². The molecule has 0 atom stereocenters. The maximum Gasteiger partial charge on any atom is 0.332 e. The van der Waals surface area contributed by atoms with Crippen LogP contribution in [0.2, 0.25) is 0 Å². The fourth-order valence-corrected chi connectivity index (χ4v) is 0.601. The number of aliphatic hydroxyl groups excluding tert-OH is 1. The molecule has 0 fully saturated rings. The third-order valence-corrected chi connectivity index (χ3v) is 1.11. The summed E-state index contributed by atoms with van der Waals surface area (Å²) in [4.78, 5) is 21.0. The third kappa shape index (κ3) is 8.95. The molecule has 0 unspecified atom stereocenters. The monoisotopic (exact) mass is 206 g/mol. The lowest BCUT2D eigenvalue weighted by Crippen LogP contribution is -2.17. The average molecular weight is 206 g/mol. The predicted molar refractivity (Wildman–Crippen MR) is 45.5 cm³/mol. The normalized spacial score (nSPS) is 9.57. The van der Waals surface area contributed by atoms with Crippen LogP contribution in [0.1, 0.15) is 6.92 Å². The molecule has 1 N–H and O–H groups in total. The van der Waals surface area contributed by atoms with Gasteiger partial charge in [-0.25, -0.2) is 4.79 Å². The number of hydrogen-bond donors (Lipinski definition) is 1. The van der Waals surface area contributed by atoms with Crippen molar-refractivity contribution in [1.29, 1.82) is 0 Å². The Labute approximate surface area is 81.8 Å². The van der Waals surface area contributed by atoms with Crippen LogP contribution in [0.4, 0.5) is 0 Å². The number of aliphatic hydroxyl groups is 1. The molecular formula is C8H14O6. The minimum Gasteiger partial charge on any atom is -0.463 e. The van der Waals surface area contributed by atoms with Crippen molar-refractivity contribution >= 4 is 11.9 Å². The molecule has 0 aliphatic rings. The lowest BCUT2D eigenvalue weighted by Gasteiger charge is -2.04. The van der Waals surface area contributed by atoms with Crippen molar-refractivity contribution in [2.24, 2.45) is 0 Å². The van der Waals surface area contributed by atoms with Gasteiger partial charge in [-0.1, -0.05) is 0 Å². The second kappa shape index (κ2) is 8.46. The highest BCUT2D eigenvalue weighted by Crippen LogP contribution is 1.83. The van der Waals surface area contributed by atoms with E-state index in [0.29, 0.717) is 0 Å². The molecule has 0 spiro atoms. The topological polar surface area (TPSA) is 82.1 Å². The smallest absolute Gasteiger partial charge is 0.332 e. The molecule has 0 aliphatic carbocycles. The van der Waals surface area contributed by atoms with E-state index in [2.05, 4.69) is 9.47 Å². The van der Waals surface area contributed by atoms with Crippen LogP contribution in [0.3, 0.4) is 0 Å². The molecule has 0 aliphatic heterocycles. The van der Waals surface area contributed by atoms with Crippen molar-refractivity contribution in [3.63, 3.8) is 0 Å². The van der Waals surface area contributed by atoms with Gasteiger partial charge in [-0.3, -0.25) is 4.79 Å². The Morgan fingerprint density at radius 3 is 2.43 bits per heavy atom. The van der Waals surface area contributed by atoms with Crippen LogP contribution in [0, 0.1) is 0 Å². The molecule has 14 heavy (non-hydrogen) atoms. The van der Waals surface area contributed by atoms with Crippen molar-refractivity contribution in [3.8, 4) is 0 Å². The summed E-state index contributed by atoms with van der Waals surface area (Å²) in [6.07, 6.45) is 0. The Bertz CT molecular complexity index is 179. The van der Waals surface area contributed by atoms with Gasteiger partial charge in [0.2, 0.25) is 0 Å². The molecular weight excluding hydrogens is 192 g/mol. The van der Waals surface area contributed by atoms with Crippen molar-refractivity contribution in [2.75, 3.05) is 33.0 Å². The number of carbonyl (C=O) groups excluding carboxylic acids is 2. The Hall–Kier alpha value is -1.14. The van der Waals surface area contributed by atoms with Gasteiger partial charge in [-0.15, -0.1) is 0 Å². The van der Waals surface area contributed by atoms with Crippen molar-refractivity contribution in [3.05, 3.63) is 0 Å². The van der Waals surface area contributed by atoms with Crippen LogP contribution in [0.5, 0.6) is 0 Å². The molecule has 0 heterocycles. The van der Waals surface area contributed by atoms with E-state index in [1.54, 1.807) is 0 Å². The standard InChI is InChI=1S/C8H14O6/c1-7(10)13-5-4-12-6-8(11)14-3-2-9/h9H,2-6H2,1H3. The van der Waals surface area contributed by atoms with Gasteiger partial charge in [0, 0.05) is 6.92 Å². The molecule has 0 radical (unpaired) electrons. The van der Waals surface area contributed by atoms with E-state index < -0.39 is 11.9 Å². The summed E-state index contributed by atoms with van der Waals surface area (Å²) in [5, 5.41) is 8.31. The first-order valence-corrected chi connectivity index (χ1v) is 4.14. The molecule has 0 saturated heterocycles. The number of ether oxygens (including phenoxy) is 3. The van der Waals surface area contributed by atoms with E-state index in [4.69, 9.17) is 9.84 Å². The summed E-state index contributed by atoms with van der Waals surface area (Å²) < 4.78 is 13.9. The van der Waals surface area contributed by atoms with E-state index in [1.165, 1.54) is 6.92 Å². The predicted octanol–water partition coefficient (Wildman–Crippen LogP) is -0.898. The van der Waals surface area contributed by atoms with Crippen LogP contribution >= 0.6 is 0 Å². The van der Waals surface area contributed by atoms with Crippen molar-refractivity contribution < 1.29 is 28.9 Å². The molecule has 0 saturated carbocycles. The van der Waals surface area contributed by atoms with Gasteiger partial charge in [0.15, 0.2) is 0 Å². The Balaban J connectivity index is 3.19. The van der Waals surface area contributed by atoms with Crippen LogP contribution in [0.25, 0.3) is 0 Å². The number of carbonyl (C=O) groups is 2. The van der Waals surface area contributed by atoms with Gasteiger partial charge < -0.3 is 19.3 Å². The van der Waals surface area contributed by atoms with Gasteiger partial charge in [0.1, 0.15) is 19.8 Å². The van der Waals surface area contributed by atoms with Crippen LogP contribution < -0.4 is 0 Å². The SMILES string of the molecule is CC(=O)OCCOCC(=O)OCCO. The second-order valence-electron chi connectivity index (χ2n) is 2.34. The molecule has 0 bridgehead atoms. The summed E-state index contributed by atoms with van der Waals surface area (Å²) in [6, 6.07) is 0. The first kappa shape index (κ1) is 12.9. The van der Waals surface area contributed by atoms with Gasteiger partial charge in [0.05, 0.1) is 13.2 Å². The number of rotatable bonds is 7. The molecule has 6 heteroatoms. The molecule has 82 valence electrons. The van der Waals surface area contributed by atoms with E-state index in [-0.39, 0.29) is 33.0 Å². The summed E-state index contributed by atoms with van der Waals surface area (Å²) in [5.41, 5.74) is 0. The third-order valence-electron chi connectivity index (χ3n) is 1.11. The first-order chi connectivity index (χ1) is 6.66. The van der Waals surface area contributed by atoms with Gasteiger partial charge in [-0.2, -0.15) is 0 Å². The van der Waals surface area contributed by atoms with E-state index in [1.807, 2.05) is 0 Å². The highest BCUT2D eigenvalue weighted by Gasteiger charge is 2.01. The van der Waals surface area contributed by atoms with E-state index >= 15 is 0 Å². The zero-order chi connectivity index (χ0) is 10.8. The second-order valence-corrected chi connectivity index (χ2v) is 2.34. The van der Waals surface area contributed by atoms with Crippen LogP contribution in [-0.4, -0.2) is 50.1 Å². The summed E-state index contributed by atoms with van der Waals surface area (Å²) >= 11 is 0. The molecule has 0 aromatic heterocycles. The Kier molecular flexibility index (Phi) is 7.77. The summed E-state index contributed by atoms with van der Waals surface area (Å²) in [5.74, 6) is -0.946. The molecule has 0 amide bonds. The number of esters is 2. The summed E-state index contributed by atoms with van der Waals surface area (Å²) in [7, 11) is 0. The van der Waals surface area contributed by atoms with Gasteiger partial charge in [0.25, 0.3) is 0 Å². The van der Waals surface area contributed by atoms with Gasteiger partial charge in [-0.05, 0) is 0 Å². The lowest BCUT2D eigenvalue weighted by molar-refractivity contribution is -0.151. The lowest BCUT2D eigenvalue weighted by atomic mass is 10.7. The average Bonchev–Trinajstić information content (AvgIpc) is 2.13. The van der Waals surface area contributed by atoms with Crippen molar-refractivity contribution in [2.45, 2.75) is 6.92 Å². The fraction of sp³-hybridized carbons (Fsp3) is 0.750. The Morgan fingerprint density at radius 2 is 1.86 bits per heavy atom. The molecule has 6 nitrogen and oxygen atoms in total. The van der Waals surface area contributed by atoms with E-state index in [9.17, 15) is 9.59 Å². The summed E-state index contributed by atoms with van der Waals surface area (Å²) in [6.45, 7) is 1.10. The Morgan fingerprint density at radius 1 is 1.14 bits per heavy atom. The van der Waals surface area contributed by atoms with E-state index in [0.717, 1.165) is 0 Å². The van der Waals surface area contributed by atoms with Crippen molar-refractivity contribution in [1.82, 2.24) is 0 Å². The maximum atomic E-state index is 10.7. The number of hydrogen-bond acceptors (Lipinski definition) is 6. The quantitative estimate of drug-likeness (QED) is 0.429.